The second kappa shape index (κ2) is 10.1. The largest absolute Gasteiger partial charge is 3.00 e. The first-order valence-corrected chi connectivity index (χ1v) is 8.22. The van der Waals surface area contributed by atoms with E-state index in [4.69, 9.17) is 0 Å². The first-order valence-electron chi connectivity index (χ1n) is 8.22. The fraction of sp³-hybridized carbons (Fsp3) is 0. The van der Waals surface area contributed by atoms with Gasteiger partial charge in [-0.1, -0.05) is 78.2 Å². The first kappa shape index (κ1) is 21.0. The van der Waals surface area contributed by atoms with Crippen molar-refractivity contribution < 1.29 is 15.3 Å². The maximum absolute atomic E-state index is 11.4. The van der Waals surface area contributed by atoms with E-state index in [1.165, 1.54) is 24.4 Å². The average Bonchev–Trinajstić information content (AvgIpc) is 2.69. The van der Waals surface area contributed by atoms with Gasteiger partial charge >= 0.3 is 17.4 Å². The van der Waals surface area contributed by atoms with Crippen molar-refractivity contribution in [3.63, 3.8) is 0 Å². The van der Waals surface area contributed by atoms with Gasteiger partial charge in [0.1, 0.15) is 0 Å². The summed E-state index contributed by atoms with van der Waals surface area (Å²) in [6, 6.07) is 21.8. The quantitative estimate of drug-likeness (QED) is 0.393. The van der Waals surface area contributed by atoms with Gasteiger partial charge in [-0.2, -0.15) is 0 Å². The van der Waals surface area contributed by atoms with E-state index >= 15 is 0 Å². The van der Waals surface area contributed by atoms with Gasteiger partial charge in [-0.3, -0.25) is 9.98 Å². The molecule has 0 fully saturated rings. The Bertz CT molecular complexity index is 1030. The summed E-state index contributed by atoms with van der Waals surface area (Å²) in [6.45, 7) is 0. The van der Waals surface area contributed by atoms with Crippen molar-refractivity contribution in [2.75, 3.05) is 0 Å². The van der Waals surface area contributed by atoms with Crippen LogP contribution in [0.1, 0.15) is 5.56 Å². The van der Waals surface area contributed by atoms with Crippen molar-refractivity contribution in [1.82, 2.24) is 4.98 Å². The van der Waals surface area contributed by atoms with Crippen LogP contribution in [0.2, 0.25) is 0 Å². The zero-order valence-electron chi connectivity index (χ0n) is 14.9. The van der Waals surface area contributed by atoms with E-state index in [0.29, 0.717) is 16.8 Å². The molecule has 1 heterocycles. The molecule has 134 valence electrons. The van der Waals surface area contributed by atoms with E-state index < -0.39 is 0 Å². The van der Waals surface area contributed by atoms with E-state index in [2.05, 4.69) is 9.98 Å². The summed E-state index contributed by atoms with van der Waals surface area (Å²) in [5.74, 6) is -0.264. The smallest absolute Gasteiger partial charge is 0.872 e. The van der Waals surface area contributed by atoms with E-state index in [1.54, 1.807) is 48.7 Å². The standard InChI is InChI=1S/C13H11NO2.C9H7NO.Al/c15-12-7-3-1-5-10(12)9-14-11-6-2-4-8-13(11)16;11-8-5-1-3-7-4-2-6-10-9(7)8;/h1-9,15-16H;1-6,11H;/q;;+3/p-3. The Morgan fingerprint density at radius 1 is 0.679 bits per heavy atom. The molecule has 28 heavy (non-hydrogen) atoms. The summed E-state index contributed by atoms with van der Waals surface area (Å²) in [5.41, 5.74) is 1.37. The minimum absolute atomic E-state index is 0. The fourth-order valence-electron chi connectivity index (χ4n) is 2.37. The monoisotopic (exact) mass is 382 g/mol. The molecule has 0 unspecified atom stereocenters. The maximum Gasteiger partial charge on any atom is 3.00 e. The van der Waals surface area contributed by atoms with Gasteiger partial charge < -0.3 is 15.3 Å². The normalized spacial score (nSPS) is 10.1. The Morgan fingerprint density at radius 2 is 1.32 bits per heavy atom. The van der Waals surface area contributed by atoms with Gasteiger partial charge in [0.2, 0.25) is 0 Å². The molecule has 0 spiro atoms. The molecular formula is C22H15AlN2O3. The molecule has 0 bridgehead atoms. The molecule has 0 amide bonds. The summed E-state index contributed by atoms with van der Waals surface area (Å²) in [7, 11) is 0. The van der Waals surface area contributed by atoms with Crippen molar-refractivity contribution >= 4 is 40.2 Å². The van der Waals surface area contributed by atoms with Crippen molar-refractivity contribution in [2.45, 2.75) is 0 Å². The van der Waals surface area contributed by atoms with Crippen LogP contribution in [-0.4, -0.2) is 28.6 Å². The van der Waals surface area contributed by atoms with E-state index in [-0.39, 0.29) is 34.6 Å². The molecule has 6 heteroatoms. The molecule has 5 nitrogen and oxygen atoms in total. The third kappa shape index (κ3) is 5.34. The molecule has 0 aliphatic carbocycles. The molecule has 0 aliphatic rings. The summed E-state index contributed by atoms with van der Waals surface area (Å²) in [6.07, 6.45) is 3.04. The van der Waals surface area contributed by atoms with Crippen molar-refractivity contribution in [2.24, 2.45) is 4.99 Å². The number of hydrogen-bond acceptors (Lipinski definition) is 5. The van der Waals surface area contributed by atoms with Crippen molar-refractivity contribution in [3.8, 4) is 17.2 Å². The Kier molecular flexibility index (Phi) is 7.58. The zero-order valence-corrected chi connectivity index (χ0v) is 16.0. The molecule has 1 aromatic heterocycles. The van der Waals surface area contributed by atoms with Crippen LogP contribution in [0.4, 0.5) is 5.69 Å². The van der Waals surface area contributed by atoms with Gasteiger partial charge in [-0.25, -0.2) is 0 Å². The summed E-state index contributed by atoms with van der Waals surface area (Å²) >= 11 is 0. The topological polar surface area (TPSA) is 94.4 Å². The predicted molar refractivity (Wildman–Crippen MR) is 106 cm³/mol. The number of nitrogens with zero attached hydrogens (tertiary/aromatic N) is 2. The van der Waals surface area contributed by atoms with Crippen molar-refractivity contribution in [3.05, 3.63) is 90.6 Å². The fourth-order valence-corrected chi connectivity index (χ4v) is 2.37. The van der Waals surface area contributed by atoms with Crippen LogP contribution < -0.4 is 15.3 Å². The van der Waals surface area contributed by atoms with E-state index in [9.17, 15) is 15.3 Å². The molecule has 0 aliphatic heterocycles. The SMILES string of the molecule is [Al+3].[O-]c1cccc2cccnc12.[O-]c1ccccc1C=Nc1ccccc1[O-]. The van der Waals surface area contributed by atoms with Gasteiger partial charge in [0.25, 0.3) is 0 Å². The molecule has 0 N–H and O–H groups in total. The van der Waals surface area contributed by atoms with Crippen LogP contribution in [0.5, 0.6) is 17.2 Å². The molecule has 0 atom stereocenters. The van der Waals surface area contributed by atoms with Gasteiger partial charge in [-0.15, -0.1) is 5.75 Å². The number of benzene rings is 3. The van der Waals surface area contributed by atoms with E-state index in [1.807, 2.05) is 18.2 Å². The molecule has 0 radical (unpaired) electrons. The van der Waals surface area contributed by atoms with Crippen LogP contribution in [-0.2, 0) is 0 Å². The van der Waals surface area contributed by atoms with E-state index in [0.717, 1.165) is 5.39 Å². The van der Waals surface area contributed by atoms with Gasteiger partial charge in [0.15, 0.2) is 0 Å². The number of hydrogen-bond donors (Lipinski definition) is 0. The van der Waals surface area contributed by atoms with Crippen LogP contribution in [0.15, 0.2) is 90.1 Å². The van der Waals surface area contributed by atoms with Crippen LogP contribution in [0, 0.1) is 0 Å². The number of rotatable bonds is 2. The number of aliphatic imine (C=N–C) groups is 1. The summed E-state index contributed by atoms with van der Waals surface area (Å²) in [4.78, 5) is 7.97. The van der Waals surface area contributed by atoms with Crippen LogP contribution >= 0.6 is 0 Å². The van der Waals surface area contributed by atoms with Gasteiger partial charge in [-0.05, 0) is 23.1 Å². The Morgan fingerprint density at radius 3 is 2.04 bits per heavy atom. The average molecular weight is 382 g/mol. The Labute approximate surface area is 173 Å². The minimum Gasteiger partial charge on any atom is -0.872 e. The Balaban J connectivity index is 0.000000205. The number of para-hydroxylation sites is 4. The third-order valence-electron chi connectivity index (χ3n) is 3.72. The van der Waals surface area contributed by atoms with Gasteiger partial charge in [0, 0.05) is 12.4 Å². The summed E-state index contributed by atoms with van der Waals surface area (Å²) in [5, 5.41) is 34.7. The van der Waals surface area contributed by atoms with Crippen LogP contribution in [0.3, 0.4) is 0 Å². The molecule has 4 aromatic rings. The zero-order chi connectivity index (χ0) is 19.1. The molecular weight excluding hydrogens is 367 g/mol. The minimum atomic E-state index is -0.151. The maximum atomic E-state index is 11.4. The Hall–Kier alpha value is -3.33. The first-order chi connectivity index (χ1) is 13.1. The molecule has 3 aromatic carbocycles. The molecule has 0 saturated carbocycles. The molecule has 0 saturated heterocycles. The van der Waals surface area contributed by atoms with Gasteiger partial charge in [0.05, 0.1) is 11.2 Å². The number of aromatic nitrogens is 1. The summed E-state index contributed by atoms with van der Waals surface area (Å²) < 4.78 is 0. The third-order valence-corrected chi connectivity index (χ3v) is 3.72. The van der Waals surface area contributed by atoms with Crippen molar-refractivity contribution in [1.29, 1.82) is 0 Å². The second-order valence-corrected chi connectivity index (χ2v) is 5.60. The molecule has 4 rings (SSSR count). The second-order valence-electron chi connectivity index (χ2n) is 5.60. The number of pyridine rings is 1. The number of fused-ring (bicyclic) bond motifs is 1. The van der Waals surface area contributed by atoms with Crippen LogP contribution in [0.25, 0.3) is 10.9 Å². The predicted octanol–water partition coefficient (Wildman–Crippen LogP) is 2.51.